The van der Waals surface area contributed by atoms with Gasteiger partial charge in [0.25, 0.3) is 0 Å². The van der Waals surface area contributed by atoms with Crippen LogP contribution in [0.4, 0.5) is 0 Å². The molecule has 1 aromatic carbocycles. The Kier molecular flexibility index (Phi) is 6.59. The predicted octanol–water partition coefficient (Wildman–Crippen LogP) is -2.77. The van der Waals surface area contributed by atoms with Crippen molar-refractivity contribution in [2.75, 3.05) is 6.54 Å². The smallest absolute Gasteiger partial charge is 0.0764 e. The van der Waals surface area contributed by atoms with Crippen molar-refractivity contribution in [3.8, 4) is 0 Å². The van der Waals surface area contributed by atoms with Gasteiger partial charge >= 0.3 is 0 Å². The van der Waals surface area contributed by atoms with Crippen molar-refractivity contribution in [2.24, 2.45) is 0 Å². The van der Waals surface area contributed by atoms with Crippen LogP contribution in [0.3, 0.4) is 0 Å². The van der Waals surface area contributed by atoms with E-state index in [1.807, 2.05) is 30.3 Å². The normalized spacial score (nSPS) is 11.8. The van der Waals surface area contributed by atoms with Crippen LogP contribution < -0.4 is 18.1 Å². The molecule has 3 heteroatoms. The van der Waals surface area contributed by atoms with Crippen molar-refractivity contribution in [1.29, 1.82) is 0 Å². The molecule has 74 valence electrons. The minimum Gasteiger partial charge on any atom is -1.00 e. The maximum absolute atomic E-state index is 9.46. The number of hydrogen-bond donors (Lipinski definition) is 2. The molecule has 0 aliphatic rings. The van der Waals surface area contributed by atoms with E-state index in [4.69, 9.17) is 0 Å². The highest BCUT2D eigenvalue weighted by atomic mass is 35.5. The Morgan fingerprint density at radius 3 is 2.38 bits per heavy atom. The molecule has 0 spiro atoms. The van der Waals surface area contributed by atoms with E-state index in [0.717, 1.165) is 19.4 Å². The van der Waals surface area contributed by atoms with Crippen LogP contribution in [0.15, 0.2) is 30.3 Å². The number of rotatable bonds is 4. The van der Waals surface area contributed by atoms with Gasteiger partial charge in [-0.15, -0.1) is 0 Å². The van der Waals surface area contributed by atoms with E-state index in [1.165, 1.54) is 5.56 Å². The van der Waals surface area contributed by atoms with Gasteiger partial charge in [0.05, 0.1) is 12.6 Å². The first-order chi connectivity index (χ1) is 5.83. The molecule has 1 rings (SSSR count). The van der Waals surface area contributed by atoms with Gasteiger partial charge in [-0.3, -0.25) is 0 Å². The van der Waals surface area contributed by atoms with Gasteiger partial charge in [0.1, 0.15) is 0 Å². The lowest BCUT2D eigenvalue weighted by Gasteiger charge is -2.07. The fourth-order valence-electron chi connectivity index (χ4n) is 1.22. The van der Waals surface area contributed by atoms with E-state index in [-0.39, 0.29) is 18.5 Å². The summed E-state index contributed by atoms with van der Waals surface area (Å²) in [5.74, 6) is 0. The van der Waals surface area contributed by atoms with Crippen molar-refractivity contribution in [1.82, 2.24) is 0 Å². The van der Waals surface area contributed by atoms with Gasteiger partial charge in [-0.2, -0.15) is 0 Å². The van der Waals surface area contributed by atoms with E-state index in [1.54, 1.807) is 0 Å². The summed E-state index contributed by atoms with van der Waals surface area (Å²) in [5, 5.41) is 9.46. The average molecular weight is 202 g/mol. The Labute approximate surface area is 85.2 Å². The Morgan fingerprint density at radius 1 is 1.23 bits per heavy atom. The number of hydrogen-bond acceptors (Lipinski definition) is 1. The lowest BCUT2D eigenvalue weighted by molar-refractivity contribution is -0.371. The molecular formula is C10H16ClNO. The van der Waals surface area contributed by atoms with Crippen LogP contribution in [-0.2, 0) is 6.42 Å². The molecule has 13 heavy (non-hydrogen) atoms. The number of aliphatic hydroxyl groups excluding tert-OH is 1. The summed E-state index contributed by atoms with van der Waals surface area (Å²) in [5.41, 5.74) is 4.90. The third-order valence-electron chi connectivity index (χ3n) is 1.85. The minimum atomic E-state index is -0.232. The van der Waals surface area contributed by atoms with E-state index in [0.29, 0.717) is 0 Å². The summed E-state index contributed by atoms with van der Waals surface area (Å²) in [6.45, 7) is 0.800. The van der Waals surface area contributed by atoms with Gasteiger partial charge in [-0.25, -0.2) is 0 Å². The predicted molar refractivity (Wildman–Crippen MR) is 48.5 cm³/mol. The third-order valence-corrected chi connectivity index (χ3v) is 1.85. The molecule has 0 bridgehead atoms. The highest BCUT2D eigenvalue weighted by molar-refractivity contribution is 5.15. The lowest BCUT2D eigenvalue weighted by Crippen LogP contribution is -3.00. The zero-order chi connectivity index (χ0) is 8.81. The van der Waals surface area contributed by atoms with Crippen LogP contribution in [0.2, 0.25) is 0 Å². The average Bonchev–Trinajstić information content (AvgIpc) is 2.06. The quantitative estimate of drug-likeness (QED) is 0.545. The first-order valence-electron chi connectivity index (χ1n) is 4.34. The van der Waals surface area contributed by atoms with Gasteiger partial charge in [-0.1, -0.05) is 30.3 Å². The molecule has 1 aromatic rings. The second-order valence-electron chi connectivity index (χ2n) is 2.99. The van der Waals surface area contributed by atoms with Crippen LogP contribution in [0.1, 0.15) is 12.0 Å². The molecular weight excluding hydrogens is 186 g/mol. The molecule has 1 unspecified atom stereocenters. The number of aliphatic hydroxyl groups is 1. The fraction of sp³-hybridized carbons (Fsp3) is 0.400. The van der Waals surface area contributed by atoms with Crippen molar-refractivity contribution in [2.45, 2.75) is 18.9 Å². The summed E-state index contributed by atoms with van der Waals surface area (Å²) in [7, 11) is 0. The van der Waals surface area contributed by atoms with Gasteiger partial charge in [0.15, 0.2) is 0 Å². The Morgan fingerprint density at radius 2 is 1.85 bits per heavy atom. The Bertz CT molecular complexity index is 215. The number of halogens is 1. The molecule has 0 aliphatic carbocycles. The molecule has 0 saturated carbocycles. The molecule has 4 N–H and O–H groups in total. The molecule has 0 amide bonds. The highest BCUT2D eigenvalue weighted by Crippen LogP contribution is 2.04. The maximum Gasteiger partial charge on any atom is 0.0764 e. The molecule has 1 atom stereocenters. The number of benzene rings is 1. The van der Waals surface area contributed by atoms with Gasteiger partial charge in [0, 0.05) is 6.42 Å². The van der Waals surface area contributed by atoms with Gasteiger partial charge in [0.2, 0.25) is 0 Å². The Hall–Kier alpha value is -0.570. The van der Waals surface area contributed by atoms with Crippen molar-refractivity contribution >= 4 is 0 Å². The van der Waals surface area contributed by atoms with Gasteiger partial charge in [-0.05, 0) is 12.0 Å². The molecule has 0 saturated heterocycles. The first kappa shape index (κ1) is 12.4. The molecule has 0 heterocycles. The van der Waals surface area contributed by atoms with Crippen LogP contribution >= 0.6 is 0 Å². The second kappa shape index (κ2) is 6.89. The summed E-state index contributed by atoms with van der Waals surface area (Å²) < 4.78 is 0. The standard InChI is InChI=1S/C10H15NO.ClH/c11-7-6-10(12)8-9-4-2-1-3-5-9;/h1-5,10,12H,6-8,11H2;1H. The van der Waals surface area contributed by atoms with Crippen LogP contribution in [-0.4, -0.2) is 17.8 Å². The minimum absolute atomic E-state index is 0. The van der Waals surface area contributed by atoms with E-state index in [9.17, 15) is 5.11 Å². The maximum atomic E-state index is 9.46. The van der Waals surface area contributed by atoms with Crippen molar-refractivity contribution in [3.63, 3.8) is 0 Å². The SMILES string of the molecule is [Cl-].[NH3+]CCC(O)Cc1ccccc1. The van der Waals surface area contributed by atoms with Gasteiger partial charge < -0.3 is 23.2 Å². The van der Waals surface area contributed by atoms with Crippen LogP contribution in [0.25, 0.3) is 0 Å². The first-order valence-corrected chi connectivity index (χ1v) is 4.34. The number of quaternary nitrogens is 1. The summed E-state index contributed by atoms with van der Waals surface area (Å²) in [6.07, 6.45) is 1.30. The van der Waals surface area contributed by atoms with Crippen LogP contribution in [0, 0.1) is 0 Å². The Balaban J connectivity index is 0.00000144. The van der Waals surface area contributed by atoms with E-state index < -0.39 is 0 Å². The summed E-state index contributed by atoms with van der Waals surface area (Å²) >= 11 is 0. The third kappa shape index (κ3) is 4.88. The topological polar surface area (TPSA) is 47.9 Å². The van der Waals surface area contributed by atoms with E-state index in [2.05, 4.69) is 5.73 Å². The highest BCUT2D eigenvalue weighted by Gasteiger charge is 2.03. The largest absolute Gasteiger partial charge is 1.00 e. The van der Waals surface area contributed by atoms with E-state index >= 15 is 0 Å². The molecule has 0 aliphatic heterocycles. The zero-order valence-electron chi connectivity index (χ0n) is 7.62. The zero-order valence-corrected chi connectivity index (χ0v) is 8.37. The molecule has 2 nitrogen and oxygen atoms in total. The molecule has 0 fully saturated rings. The van der Waals surface area contributed by atoms with Crippen molar-refractivity contribution in [3.05, 3.63) is 35.9 Å². The van der Waals surface area contributed by atoms with Crippen molar-refractivity contribution < 1.29 is 23.2 Å². The molecule has 0 aromatic heterocycles. The fourth-order valence-corrected chi connectivity index (χ4v) is 1.22. The van der Waals surface area contributed by atoms with Crippen LogP contribution in [0.5, 0.6) is 0 Å². The molecule has 0 radical (unpaired) electrons. The second-order valence-corrected chi connectivity index (χ2v) is 2.99. The summed E-state index contributed by atoms with van der Waals surface area (Å²) in [4.78, 5) is 0. The monoisotopic (exact) mass is 201 g/mol. The summed E-state index contributed by atoms with van der Waals surface area (Å²) in [6, 6.07) is 10.0. The lowest BCUT2D eigenvalue weighted by atomic mass is 10.1.